The van der Waals surface area contributed by atoms with E-state index >= 15 is 0 Å². The minimum atomic E-state index is -3.60. The van der Waals surface area contributed by atoms with E-state index in [1.807, 2.05) is 24.3 Å². The number of urea groups is 1. The average molecular weight is 485 g/mol. The second kappa shape index (κ2) is 9.19. The topological polar surface area (TPSA) is 116 Å². The number of nitrogens with zero attached hydrogens (tertiary/aromatic N) is 2. The molecule has 1 unspecified atom stereocenters. The maximum Gasteiger partial charge on any atom is 0.325 e. The Morgan fingerprint density at radius 1 is 1.06 bits per heavy atom. The van der Waals surface area contributed by atoms with E-state index in [9.17, 15) is 22.8 Å². The molecule has 1 aliphatic heterocycles. The number of hydrogen-bond acceptors (Lipinski definition) is 5. The standard InChI is InChI=1S/C24H28N4O5S/c1-3-27(4-2)34(32,33)20-11-9-19(10-12-20)25-21(29)16-28-22(30)24(26-23(28)31)14-13-17-7-5-6-8-18(17)15-24/h5-12H,3-4,13-16H2,1-2H3,(H,25,29)(H,26,31). The van der Waals surface area contributed by atoms with Gasteiger partial charge in [-0.15, -0.1) is 0 Å². The monoisotopic (exact) mass is 484 g/mol. The summed E-state index contributed by atoms with van der Waals surface area (Å²) in [7, 11) is -3.60. The molecule has 4 rings (SSSR count). The van der Waals surface area contributed by atoms with Gasteiger partial charge in [-0.3, -0.25) is 14.5 Å². The number of fused-ring (bicyclic) bond motifs is 1. The number of imide groups is 1. The summed E-state index contributed by atoms with van der Waals surface area (Å²) in [5.74, 6) is -0.945. The lowest BCUT2D eigenvalue weighted by molar-refractivity contribution is -0.134. The van der Waals surface area contributed by atoms with Crippen LogP contribution in [0.25, 0.3) is 0 Å². The van der Waals surface area contributed by atoms with Crippen molar-refractivity contribution in [2.45, 2.75) is 43.5 Å². The van der Waals surface area contributed by atoms with Gasteiger partial charge >= 0.3 is 6.03 Å². The van der Waals surface area contributed by atoms with E-state index in [4.69, 9.17) is 0 Å². The molecule has 0 saturated carbocycles. The van der Waals surface area contributed by atoms with Gasteiger partial charge in [0.25, 0.3) is 5.91 Å². The molecule has 2 N–H and O–H groups in total. The summed E-state index contributed by atoms with van der Waals surface area (Å²) < 4.78 is 26.6. The molecule has 0 aromatic heterocycles. The summed E-state index contributed by atoms with van der Waals surface area (Å²) in [6.07, 6.45) is 1.55. The Bertz CT molecular complexity index is 1220. The van der Waals surface area contributed by atoms with Crippen LogP contribution in [0.1, 0.15) is 31.4 Å². The molecule has 4 amide bonds. The predicted octanol–water partition coefficient (Wildman–Crippen LogP) is 2.14. The van der Waals surface area contributed by atoms with Crippen molar-refractivity contribution in [1.29, 1.82) is 0 Å². The molecule has 1 fully saturated rings. The van der Waals surface area contributed by atoms with Crippen molar-refractivity contribution in [1.82, 2.24) is 14.5 Å². The third-order valence-electron chi connectivity index (χ3n) is 6.46. The molecule has 2 aromatic carbocycles. The third-order valence-corrected chi connectivity index (χ3v) is 8.52. The van der Waals surface area contributed by atoms with Gasteiger partial charge in [-0.2, -0.15) is 4.31 Å². The fourth-order valence-electron chi connectivity index (χ4n) is 4.61. The van der Waals surface area contributed by atoms with Crippen molar-refractivity contribution in [2.24, 2.45) is 0 Å². The van der Waals surface area contributed by atoms with Crippen LogP contribution in [0.4, 0.5) is 10.5 Å². The zero-order chi connectivity index (χ0) is 24.5. The second-order valence-electron chi connectivity index (χ2n) is 8.51. The van der Waals surface area contributed by atoms with Crippen LogP contribution in [-0.2, 0) is 32.5 Å². The summed E-state index contributed by atoms with van der Waals surface area (Å²) in [5, 5.41) is 5.44. The Labute approximate surface area is 199 Å². The van der Waals surface area contributed by atoms with Gasteiger partial charge in [0.05, 0.1) is 4.90 Å². The van der Waals surface area contributed by atoms with Gasteiger partial charge in [-0.05, 0) is 48.2 Å². The van der Waals surface area contributed by atoms with Gasteiger partial charge in [0.15, 0.2) is 0 Å². The number of anilines is 1. The molecule has 2 aliphatic rings. The lowest BCUT2D eigenvalue weighted by atomic mass is 9.78. The van der Waals surface area contributed by atoms with E-state index < -0.39 is 40.0 Å². The molecule has 2 aromatic rings. The Balaban J connectivity index is 1.42. The van der Waals surface area contributed by atoms with Crippen molar-refractivity contribution in [3.8, 4) is 0 Å². The lowest BCUT2D eigenvalue weighted by Crippen LogP contribution is -2.51. The summed E-state index contributed by atoms with van der Waals surface area (Å²) in [4.78, 5) is 39.4. The van der Waals surface area contributed by atoms with Gasteiger partial charge in [0, 0.05) is 25.2 Å². The van der Waals surface area contributed by atoms with Gasteiger partial charge in [0.1, 0.15) is 12.1 Å². The number of amides is 4. The molecular weight excluding hydrogens is 456 g/mol. The fraction of sp³-hybridized carbons (Fsp3) is 0.375. The summed E-state index contributed by atoms with van der Waals surface area (Å²) >= 11 is 0. The molecule has 9 nitrogen and oxygen atoms in total. The fourth-order valence-corrected chi connectivity index (χ4v) is 6.07. The van der Waals surface area contributed by atoms with Gasteiger partial charge in [-0.1, -0.05) is 38.1 Å². The smallest absolute Gasteiger partial charge is 0.325 e. The molecule has 1 heterocycles. The summed E-state index contributed by atoms with van der Waals surface area (Å²) in [5.41, 5.74) is 1.54. The van der Waals surface area contributed by atoms with Crippen molar-refractivity contribution < 1.29 is 22.8 Å². The number of nitrogens with one attached hydrogen (secondary N) is 2. The van der Waals surface area contributed by atoms with E-state index in [0.717, 1.165) is 16.0 Å². The molecule has 34 heavy (non-hydrogen) atoms. The normalized spacial score (nSPS) is 19.9. The minimum absolute atomic E-state index is 0.128. The zero-order valence-electron chi connectivity index (χ0n) is 19.2. The van der Waals surface area contributed by atoms with E-state index in [0.29, 0.717) is 38.0 Å². The number of sulfonamides is 1. The van der Waals surface area contributed by atoms with Gasteiger partial charge < -0.3 is 10.6 Å². The molecule has 0 bridgehead atoms. The molecule has 10 heteroatoms. The molecule has 0 radical (unpaired) electrons. The highest BCUT2D eigenvalue weighted by atomic mass is 32.2. The van der Waals surface area contributed by atoms with Crippen LogP contribution in [0.5, 0.6) is 0 Å². The highest BCUT2D eigenvalue weighted by Crippen LogP contribution is 2.33. The maximum absolute atomic E-state index is 13.2. The zero-order valence-corrected chi connectivity index (χ0v) is 20.0. The van der Waals surface area contributed by atoms with Crippen LogP contribution < -0.4 is 10.6 Å². The molecule has 1 spiro atoms. The second-order valence-corrected chi connectivity index (χ2v) is 10.4. The Morgan fingerprint density at radius 2 is 1.71 bits per heavy atom. The Hall–Kier alpha value is -3.24. The van der Waals surface area contributed by atoms with Crippen LogP contribution in [0, 0.1) is 0 Å². The first-order valence-corrected chi connectivity index (χ1v) is 12.7. The highest BCUT2D eigenvalue weighted by molar-refractivity contribution is 7.89. The van der Waals surface area contributed by atoms with Crippen LogP contribution in [0.2, 0.25) is 0 Å². The van der Waals surface area contributed by atoms with Crippen molar-refractivity contribution in [3.63, 3.8) is 0 Å². The van der Waals surface area contributed by atoms with Gasteiger partial charge in [-0.25, -0.2) is 13.2 Å². The Morgan fingerprint density at radius 3 is 2.35 bits per heavy atom. The number of benzene rings is 2. The van der Waals surface area contributed by atoms with Crippen LogP contribution in [0.15, 0.2) is 53.4 Å². The van der Waals surface area contributed by atoms with Crippen molar-refractivity contribution in [3.05, 3.63) is 59.7 Å². The number of rotatable bonds is 7. The third kappa shape index (κ3) is 4.30. The lowest BCUT2D eigenvalue weighted by Gasteiger charge is -2.32. The van der Waals surface area contributed by atoms with E-state index in [2.05, 4.69) is 10.6 Å². The summed E-state index contributed by atoms with van der Waals surface area (Å²) in [6, 6.07) is 13.1. The first-order chi connectivity index (χ1) is 16.2. The van der Waals surface area contributed by atoms with E-state index in [1.165, 1.54) is 28.6 Å². The minimum Gasteiger partial charge on any atom is -0.325 e. The number of carbonyl (C=O) groups is 3. The number of carbonyl (C=O) groups excluding carboxylic acids is 3. The average Bonchev–Trinajstić information content (AvgIpc) is 3.03. The van der Waals surface area contributed by atoms with Gasteiger partial charge in [0.2, 0.25) is 15.9 Å². The van der Waals surface area contributed by atoms with Crippen molar-refractivity contribution >= 4 is 33.6 Å². The Kier molecular flexibility index (Phi) is 6.46. The van der Waals surface area contributed by atoms with E-state index in [1.54, 1.807) is 13.8 Å². The predicted molar refractivity (Wildman–Crippen MR) is 127 cm³/mol. The largest absolute Gasteiger partial charge is 0.325 e. The maximum atomic E-state index is 13.2. The van der Waals surface area contributed by atoms with Crippen LogP contribution >= 0.6 is 0 Å². The molecule has 1 atom stereocenters. The highest BCUT2D eigenvalue weighted by Gasteiger charge is 2.52. The summed E-state index contributed by atoms with van der Waals surface area (Å²) in [6.45, 7) is 3.82. The molecule has 1 saturated heterocycles. The SMILES string of the molecule is CCN(CC)S(=O)(=O)c1ccc(NC(=O)CN2C(=O)NC3(CCc4ccccc4C3)C2=O)cc1. The first kappa shape index (κ1) is 23.9. The molecular formula is C24H28N4O5S. The van der Waals surface area contributed by atoms with Crippen LogP contribution in [0.3, 0.4) is 0 Å². The number of aryl methyl sites for hydroxylation is 1. The number of hydrogen-bond donors (Lipinski definition) is 2. The van der Waals surface area contributed by atoms with E-state index in [-0.39, 0.29) is 4.90 Å². The molecule has 1 aliphatic carbocycles. The van der Waals surface area contributed by atoms with Crippen molar-refractivity contribution in [2.75, 3.05) is 25.0 Å². The first-order valence-electron chi connectivity index (χ1n) is 11.3. The van der Waals surface area contributed by atoms with Crippen LogP contribution in [-0.4, -0.2) is 60.6 Å². The quantitative estimate of drug-likeness (QED) is 0.584. The molecule has 180 valence electrons.